The van der Waals surface area contributed by atoms with Crippen LogP contribution >= 0.6 is 27.3 Å². The molecule has 4 nitrogen and oxygen atoms in total. The summed E-state index contributed by atoms with van der Waals surface area (Å²) in [6.07, 6.45) is 0. The minimum absolute atomic E-state index is 0.229. The van der Waals surface area contributed by atoms with Crippen molar-refractivity contribution in [2.45, 2.75) is 24.9 Å². The number of hydrogen-bond donors (Lipinski definition) is 2. The third-order valence-corrected chi connectivity index (χ3v) is 6.24. The first-order valence-corrected chi connectivity index (χ1v) is 9.11. The van der Waals surface area contributed by atoms with E-state index >= 15 is 0 Å². The van der Waals surface area contributed by atoms with E-state index in [2.05, 4.69) is 20.7 Å². The molecule has 1 heterocycles. The summed E-state index contributed by atoms with van der Waals surface area (Å²) in [6, 6.07) is 7.50. The smallest absolute Gasteiger partial charge is 0.242 e. The van der Waals surface area contributed by atoms with Crippen molar-refractivity contribution >= 4 is 37.3 Å². The second-order valence-electron chi connectivity index (χ2n) is 4.33. The number of nitrogens with two attached hydrogens (primary N) is 1. The summed E-state index contributed by atoms with van der Waals surface area (Å²) in [5, 5.41) is 1.82. The van der Waals surface area contributed by atoms with Gasteiger partial charge in [0, 0.05) is 22.4 Å². The van der Waals surface area contributed by atoms with Gasteiger partial charge in [-0.2, -0.15) is 0 Å². The number of sulfonamides is 1. The van der Waals surface area contributed by atoms with E-state index in [-0.39, 0.29) is 13.1 Å². The Bertz CT molecular complexity index is 694. The van der Waals surface area contributed by atoms with Crippen LogP contribution in [0, 0.1) is 6.92 Å². The third-order valence-electron chi connectivity index (χ3n) is 2.82. The van der Waals surface area contributed by atoms with Crippen LogP contribution in [-0.4, -0.2) is 8.42 Å². The maximum Gasteiger partial charge on any atom is 0.242 e. The highest BCUT2D eigenvalue weighted by molar-refractivity contribution is 9.10. The highest BCUT2D eigenvalue weighted by Crippen LogP contribution is 2.26. The van der Waals surface area contributed by atoms with Gasteiger partial charge < -0.3 is 5.73 Å². The average Bonchev–Trinajstić information content (AvgIpc) is 2.80. The fourth-order valence-electron chi connectivity index (χ4n) is 1.84. The lowest BCUT2D eigenvalue weighted by Crippen LogP contribution is -2.24. The molecular formula is C13H15BrN2O2S2. The van der Waals surface area contributed by atoms with E-state index in [1.165, 1.54) is 11.3 Å². The molecule has 108 valence electrons. The fourth-order valence-corrected chi connectivity index (χ4v) is 4.82. The molecule has 7 heteroatoms. The van der Waals surface area contributed by atoms with Crippen LogP contribution in [0.25, 0.3) is 0 Å². The quantitative estimate of drug-likeness (QED) is 0.844. The van der Waals surface area contributed by atoms with Crippen molar-refractivity contribution in [3.8, 4) is 0 Å². The van der Waals surface area contributed by atoms with Gasteiger partial charge in [-0.3, -0.25) is 0 Å². The number of benzene rings is 1. The first-order chi connectivity index (χ1) is 9.44. The molecular weight excluding hydrogens is 360 g/mol. The van der Waals surface area contributed by atoms with Crippen molar-refractivity contribution in [2.75, 3.05) is 0 Å². The Morgan fingerprint density at radius 3 is 2.55 bits per heavy atom. The molecule has 2 aromatic rings. The summed E-state index contributed by atoms with van der Waals surface area (Å²) in [5.41, 5.74) is 7.23. The minimum atomic E-state index is -3.53. The van der Waals surface area contributed by atoms with E-state index in [1.54, 1.807) is 6.92 Å². The molecule has 1 aromatic carbocycles. The SMILES string of the molecule is Cc1csc(CN)c1S(=O)(=O)NCc1ccc(Br)cc1. The van der Waals surface area contributed by atoms with Gasteiger partial charge in [0.25, 0.3) is 0 Å². The summed E-state index contributed by atoms with van der Waals surface area (Å²) in [7, 11) is -3.53. The van der Waals surface area contributed by atoms with Crippen LogP contribution in [0.5, 0.6) is 0 Å². The molecule has 0 unspecified atom stereocenters. The van der Waals surface area contributed by atoms with Gasteiger partial charge in [-0.25, -0.2) is 13.1 Å². The molecule has 1 aromatic heterocycles. The van der Waals surface area contributed by atoms with Gasteiger partial charge in [0.1, 0.15) is 4.90 Å². The van der Waals surface area contributed by atoms with Crippen LogP contribution in [0.4, 0.5) is 0 Å². The fraction of sp³-hybridized carbons (Fsp3) is 0.231. The van der Waals surface area contributed by atoms with Gasteiger partial charge in [-0.1, -0.05) is 28.1 Å². The summed E-state index contributed by atoms with van der Waals surface area (Å²) < 4.78 is 28.3. The monoisotopic (exact) mass is 374 g/mol. The van der Waals surface area contributed by atoms with E-state index in [9.17, 15) is 8.42 Å². The van der Waals surface area contributed by atoms with Gasteiger partial charge in [-0.15, -0.1) is 11.3 Å². The standard InChI is InChI=1S/C13H15BrN2O2S2/c1-9-8-19-12(6-15)13(9)20(17,18)16-7-10-2-4-11(14)5-3-10/h2-5,8,16H,6-7,15H2,1H3. The molecule has 0 aliphatic rings. The maximum atomic E-state index is 12.4. The molecule has 0 aliphatic carbocycles. The second kappa shape index (κ2) is 6.36. The van der Waals surface area contributed by atoms with Crippen LogP contribution in [0.15, 0.2) is 39.0 Å². The molecule has 3 N–H and O–H groups in total. The molecule has 0 radical (unpaired) electrons. The molecule has 0 bridgehead atoms. The lowest BCUT2D eigenvalue weighted by atomic mass is 10.2. The number of halogens is 1. The summed E-state index contributed by atoms with van der Waals surface area (Å²) in [6.45, 7) is 2.27. The molecule has 0 aliphatic heterocycles. The number of hydrogen-bond acceptors (Lipinski definition) is 4. The highest BCUT2D eigenvalue weighted by atomic mass is 79.9. The Kier molecular flexibility index (Phi) is 4.98. The van der Waals surface area contributed by atoms with Crippen LogP contribution < -0.4 is 10.5 Å². The third kappa shape index (κ3) is 3.48. The average molecular weight is 375 g/mol. The Morgan fingerprint density at radius 2 is 1.95 bits per heavy atom. The van der Waals surface area contributed by atoms with Gasteiger partial charge in [0.2, 0.25) is 10.0 Å². The number of thiophene rings is 1. The zero-order chi connectivity index (χ0) is 14.8. The van der Waals surface area contributed by atoms with Crippen LogP contribution in [0.2, 0.25) is 0 Å². The molecule has 0 atom stereocenters. The molecule has 2 rings (SSSR count). The molecule has 0 spiro atoms. The lowest BCUT2D eigenvalue weighted by molar-refractivity contribution is 0.580. The zero-order valence-corrected chi connectivity index (χ0v) is 14.1. The normalized spacial score (nSPS) is 11.8. The molecule has 0 amide bonds. The highest BCUT2D eigenvalue weighted by Gasteiger charge is 2.21. The van der Waals surface area contributed by atoms with Crippen molar-refractivity contribution < 1.29 is 8.42 Å². The Hall–Kier alpha value is -0.730. The van der Waals surface area contributed by atoms with Crippen LogP contribution in [-0.2, 0) is 23.1 Å². The van der Waals surface area contributed by atoms with E-state index in [0.717, 1.165) is 15.6 Å². The van der Waals surface area contributed by atoms with E-state index < -0.39 is 10.0 Å². The summed E-state index contributed by atoms with van der Waals surface area (Å²) in [5.74, 6) is 0. The zero-order valence-electron chi connectivity index (χ0n) is 10.9. The predicted molar refractivity (Wildman–Crippen MR) is 85.1 cm³/mol. The Morgan fingerprint density at radius 1 is 1.30 bits per heavy atom. The summed E-state index contributed by atoms with van der Waals surface area (Å²) in [4.78, 5) is 1.01. The van der Waals surface area contributed by atoms with E-state index in [0.29, 0.717) is 9.77 Å². The molecule has 0 saturated heterocycles. The van der Waals surface area contributed by atoms with Crippen molar-refractivity contribution in [2.24, 2.45) is 5.73 Å². The van der Waals surface area contributed by atoms with Crippen LogP contribution in [0.1, 0.15) is 16.0 Å². The maximum absolute atomic E-state index is 12.4. The molecule has 0 saturated carbocycles. The molecule has 0 fully saturated rings. The first-order valence-electron chi connectivity index (χ1n) is 5.95. The van der Waals surface area contributed by atoms with E-state index in [4.69, 9.17) is 5.73 Å². The van der Waals surface area contributed by atoms with Gasteiger partial charge in [0.15, 0.2) is 0 Å². The minimum Gasteiger partial charge on any atom is -0.326 e. The topological polar surface area (TPSA) is 72.2 Å². The largest absolute Gasteiger partial charge is 0.326 e. The lowest BCUT2D eigenvalue weighted by Gasteiger charge is -2.08. The van der Waals surface area contributed by atoms with Crippen molar-refractivity contribution in [1.82, 2.24) is 4.72 Å². The number of rotatable bonds is 5. The Balaban J connectivity index is 2.19. The van der Waals surface area contributed by atoms with Gasteiger partial charge in [-0.05, 0) is 35.6 Å². The van der Waals surface area contributed by atoms with Crippen molar-refractivity contribution in [1.29, 1.82) is 0 Å². The number of nitrogens with one attached hydrogen (secondary N) is 1. The second-order valence-corrected chi connectivity index (χ2v) is 7.91. The van der Waals surface area contributed by atoms with Crippen LogP contribution in [0.3, 0.4) is 0 Å². The predicted octanol–water partition coefficient (Wildman–Crippen LogP) is 2.76. The molecule has 20 heavy (non-hydrogen) atoms. The van der Waals surface area contributed by atoms with Crippen molar-refractivity contribution in [3.05, 3.63) is 50.1 Å². The van der Waals surface area contributed by atoms with Gasteiger partial charge in [0.05, 0.1) is 0 Å². The Labute approximate surface area is 131 Å². The van der Waals surface area contributed by atoms with E-state index in [1.807, 2.05) is 29.6 Å². The summed E-state index contributed by atoms with van der Waals surface area (Å²) >= 11 is 4.72. The first kappa shape index (κ1) is 15.7. The van der Waals surface area contributed by atoms with Gasteiger partial charge >= 0.3 is 0 Å². The number of aryl methyl sites for hydroxylation is 1. The van der Waals surface area contributed by atoms with Crippen molar-refractivity contribution in [3.63, 3.8) is 0 Å².